The molecule has 0 fully saturated rings. The van der Waals surface area contributed by atoms with Crippen LogP contribution in [0.25, 0.3) is 0 Å². The maximum Gasteiger partial charge on any atom is 0.126 e. The quantitative estimate of drug-likeness (QED) is 0.0333. The van der Waals surface area contributed by atoms with E-state index in [0.717, 1.165) is 284 Å². The molecule has 16 rings (SSSR count). The lowest BCUT2D eigenvalue weighted by molar-refractivity contribution is 0.292. The molecule has 128 heavy (non-hydrogen) atoms. The first kappa shape index (κ1) is 102. The molecule has 8 aliphatic rings. The lowest BCUT2D eigenvalue weighted by Gasteiger charge is -2.22. The third-order valence-corrected chi connectivity index (χ3v) is 24.8. The molecule has 704 valence electrons. The van der Waals surface area contributed by atoms with Crippen LogP contribution in [0.2, 0.25) is 0 Å². The molecule has 0 heterocycles. The van der Waals surface area contributed by atoms with Gasteiger partial charge in [0.15, 0.2) is 0 Å². The number of hydrogen-bond donors (Lipinski definition) is 0. The molecule has 0 unspecified atom stereocenters. The van der Waals surface area contributed by atoms with E-state index in [4.69, 9.17) is 75.8 Å². The van der Waals surface area contributed by atoms with Crippen LogP contribution < -0.4 is 75.8 Å². The first-order chi connectivity index (χ1) is 62.8. The van der Waals surface area contributed by atoms with Crippen LogP contribution in [0.5, 0.6) is 92.0 Å². The van der Waals surface area contributed by atoms with Gasteiger partial charge in [0.1, 0.15) is 92.0 Å². The number of rotatable bonds is 56. The van der Waals surface area contributed by atoms with Gasteiger partial charge < -0.3 is 75.8 Å². The summed E-state index contributed by atoms with van der Waals surface area (Å²) in [6.45, 7) is 23.1. The lowest BCUT2D eigenvalue weighted by Crippen LogP contribution is -2.09. The summed E-state index contributed by atoms with van der Waals surface area (Å²) >= 11 is 0. The zero-order valence-electron chi connectivity index (χ0n) is 81.7. The van der Waals surface area contributed by atoms with Crippen molar-refractivity contribution in [1.82, 2.24) is 0 Å². The minimum atomic E-state index is 0.582. The van der Waals surface area contributed by atoms with Gasteiger partial charge in [-0.15, -0.1) is 0 Å². The Morgan fingerprint density at radius 2 is 0.242 bits per heavy atom. The Morgan fingerprint density at radius 3 is 0.344 bits per heavy atom. The second-order valence-electron chi connectivity index (χ2n) is 34.9. The standard InChI is InChI=1S/2C56H80O8/c2*1-9-13-17-21-25-61-53-35-46-32-42-30-44(52(60-8)40-50(42)58-6)34-48-38-55(63-27-23-19-15-11-3)47(37-56(48)64-28-24-20-16-12-4)33-43-29-41(49(57-5)39-51(43)59-7)31-45(53)36-54(46)62-26-22-18-14-10-2/h2*29-30,35-40H,9-28,31-34H2,1-8H3. The molecule has 0 amide bonds. The second kappa shape index (κ2) is 57.6. The monoisotopic (exact) mass is 1760 g/mol. The number of ether oxygens (including phenoxy) is 16. The average Bonchev–Trinajstić information content (AvgIpc) is 0.780. The van der Waals surface area contributed by atoms with E-state index in [2.05, 4.69) is 128 Å². The van der Waals surface area contributed by atoms with Crippen molar-refractivity contribution < 1.29 is 75.8 Å². The van der Waals surface area contributed by atoms with Gasteiger partial charge in [-0.2, -0.15) is 0 Å². The van der Waals surface area contributed by atoms with Crippen LogP contribution in [0.4, 0.5) is 0 Å². The first-order valence-electron chi connectivity index (χ1n) is 49.4. The van der Waals surface area contributed by atoms with Gasteiger partial charge in [-0.1, -0.05) is 209 Å². The van der Waals surface area contributed by atoms with Crippen molar-refractivity contribution in [3.05, 3.63) is 186 Å². The van der Waals surface area contributed by atoms with Crippen LogP contribution in [0.1, 0.15) is 350 Å². The maximum absolute atomic E-state index is 6.76. The van der Waals surface area contributed by atoms with Crippen LogP contribution >= 0.6 is 0 Å². The fourth-order valence-corrected chi connectivity index (χ4v) is 17.3. The Labute approximate surface area is 771 Å². The highest BCUT2D eigenvalue weighted by Gasteiger charge is 2.28. The van der Waals surface area contributed by atoms with Crippen LogP contribution in [-0.2, 0) is 51.4 Å². The molecular weight excluding hydrogens is 1600 g/mol. The highest BCUT2D eigenvalue weighted by Crippen LogP contribution is 2.46. The fourth-order valence-electron chi connectivity index (χ4n) is 17.3. The molecule has 16 heteroatoms. The van der Waals surface area contributed by atoms with Gasteiger partial charge in [0, 0.05) is 120 Å². The van der Waals surface area contributed by atoms with E-state index in [0.29, 0.717) is 104 Å². The minimum absolute atomic E-state index is 0.582. The third-order valence-electron chi connectivity index (χ3n) is 24.8. The predicted molar refractivity (Wildman–Crippen MR) is 523 cm³/mol. The van der Waals surface area contributed by atoms with Crippen molar-refractivity contribution in [3.63, 3.8) is 0 Å². The van der Waals surface area contributed by atoms with Crippen molar-refractivity contribution in [2.24, 2.45) is 0 Å². The Bertz CT molecular complexity index is 3740. The highest BCUT2D eigenvalue weighted by molar-refractivity contribution is 5.62. The molecule has 0 aliphatic heterocycles. The largest absolute Gasteiger partial charge is 0.496 e. The Hall–Kier alpha value is -9.44. The fraction of sp³-hybridized carbons (Fsp3) is 0.571. The molecule has 0 atom stereocenters. The van der Waals surface area contributed by atoms with Crippen molar-refractivity contribution in [1.29, 1.82) is 0 Å². The summed E-state index contributed by atoms with van der Waals surface area (Å²) < 4.78 is 103. The normalized spacial score (nSPS) is 12.1. The van der Waals surface area contributed by atoms with Gasteiger partial charge in [-0.05, 0) is 169 Å². The molecule has 0 saturated carbocycles. The van der Waals surface area contributed by atoms with Gasteiger partial charge in [-0.3, -0.25) is 0 Å². The number of methoxy groups -OCH3 is 8. The molecule has 0 saturated heterocycles. The number of benzene rings is 8. The van der Waals surface area contributed by atoms with E-state index >= 15 is 0 Å². The molecule has 8 aliphatic carbocycles. The van der Waals surface area contributed by atoms with Crippen molar-refractivity contribution >= 4 is 0 Å². The van der Waals surface area contributed by atoms with Crippen LogP contribution in [-0.4, -0.2) is 110 Å². The van der Waals surface area contributed by atoms with E-state index in [1.165, 1.54) is 103 Å². The van der Waals surface area contributed by atoms with Crippen LogP contribution in [0.3, 0.4) is 0 Å². The molecule has 8 aromatic rings. The molecule has 0 aromatic heterocycles. The summed E-state index contributed by atoms with van der Waals surface area (Å²) in [5.41, 5.74) is 16.8. The SMILES string of the molecule is CCCCCCOc1cc2c(OCCCCCC)cc1Cc1cc(c(OC)cc1OC)Cc1cc(OCCCCCC)c(cc1OCCCCCC)Cc1cc(c(OC)cc1OC)C2.CCCCCCOc1cc2c(OCCCCCC)cc1Cc1cc(c(OC)cc1OC)Cc1cc(OCCCCCC)c(cc1OCCCCCC)Cc1cc(c(OC)cc1OC)C2. The lowest BCUT2D eigenvalue weighted by atomic mass is 9.92. The molecule has 0 N–H and O–H groups in total. The van der Waals surface area contributed by atoms with Crippen LogP contribution in [0, 0.1) is 0 Å². The van der Waals surface area contributed by atoms with E-state index in [1.54, 1.807) is 56.9 Å². The second-order valence-corrected chi connectivity index (χ2v) is 34.9. The maximum atomic E-state index is 6.76. The average molecular weight is 1760 g/mol. The van der Waals surface area contributed by atoms with Crippen molar-refractivity contribution in [2.45, 2.75) is 312 Å². The van der Waals surface area contributed by atoms with Crippen molar-refractivity contribution in [3.8, 4) is 92.0 Å². The summed E-state index contributed by atoms with van der Waals surface area (Å²) in [5, 5.41) is 0. The van der Waals surface area contributed by atoms with Crippen molar-refractivity contribution in [2.75, 3.05) is 110 Å². The first-order valence-corrected chi connectivity index (χ1v) is 49.4. The highest BCUT2D eigenvalue weighted by atomic mass is 16.5. The Kier molecular flexibility index (Phi) is 46.0. The summed E-state index contributed by atoms with van der Waals surface area (Å²) in [5.74, 6) is 13.1. The minimum Gasteiger partial charge on any atom is -0.496 e. The smallest absolute Gasteiger partial charge is 0.126 e. The molecular formula is C112H160O16. The molecule has 16 nitrogen and oxygen atoms in total. The summed E-state index contributed by atoms with van der Waals surface area (Å²) in [4.78, 5) is 0. The van der Waals surface area contributed by atoms with Crippen LogP contribution in [0.15, 0.2) is 97.1 Å². The summed E-state index contributed by atoms with van der Waals surface area (Å²) in [6, 6.07) is 34.8. The van der Waals surface area contributed by atoms with E-state index in [1.807, 2.05) is 24.3 Å². The zero-order chi connectivity index (χ0) is 91.0. The van der Waals surface area contributed by atoms with Gasteiger partial charge in [-0.25, -0.2) is 0 Å². The molecule has 0 radical (unpaired) electrons. The zero-order valence-corrected chi connectivity index (χ0v) is 81.7. The Morgan fingerprint density at radius 1 is 0.133 bits per heavy atom. The molecule has 8 aromatic carbocycles. The van der Waals surface area contributed by atoms with Gasteiger partial charge in [0.05, 0.1) is 110 Å². The topological polar surface area (TPSA) is 148 Å². The van der Waals surface area contributed by atoms with E-state index in [-0.39, 0.29) is 0 Å². The predicted octanol–water partition coefficient (Wildman–Crippen LogP) is 28.5. The number of unbranched alkanes of at least 4 members (excludes halogenated alkanes) is 24. The Balaban J connectivity index is 0.000000289. The molecule has 16 bridgehead atoms. The van der Waals surface area contributed by atoms with E-state index in [9.17, 15) is 0 Å². The van der Waals surface area contributed by atoms with E-state index < -0.39 is 0 Å². The number of hydrogen-bond acceptors (Lipinski definition) is 16. The van der Waals surface area contributed by atoms with Gasteiger partial charge >= 0.3 is 0 Å². The molecule has 0 spiro atoms. The third kappa shape index (κ3) is 31.4. The van der Waals surface area contributed by atoms with Gasteiger partial charge in [0.25, 0.3) is 0 Å². The summed E-state index contributed by atoms with van der Waals surface area (Å²) in [7, 11) is 13.9. The van der Waals surface area contributed by atoms with Gasteiger partial charge in [0.2, 0.25) is 0 Å². The summed E-state index contributed by atoms with van der Waals surface area (Å²) in [6.07, 6.45) is 40.7.